The molecule has 6 amide bonds. The summed E-state index contributed by atoms with van der Waals surface area (Å²) >= 11 is 0. The molecule has 2 saturated heterocycles. The number of hydrogen-bond donors (Lipinski definition) is 5. The molecule has 2 fully saturated rings. The van der Waals surface area contributed by atoms with Gasteiger partial charge < -0.3 is 36.2 Å². The zero-order valence-electron chi connectivity index (χ0n) is 29.9. The molecular formula is C35H56N6O7. The minimum absolute atomic E-state index is 0.00608. The maximum atomic E-state index is 14.1. The first kappa shape index (κ1) is 40.3. The van der Waals surface area contributed by atoms with E-state index in [-0.39, 0.29) is 43.7 Å². The average Bonchev–Trinajstić information content (AvgIpc) is 3.37. The summed E-state index contributed by atoms with van der Waals surface area (Å²) in [4.78, 5) is 82.2. The number of hydrogen-bond acceptors (Lipinski definition) is 7. The highest BCUT2D eigenvalue weighted by Gasteiger charge is 2.46. The van der Waals surface area contributed by atoms with Crippen LogP contribution in [0.15, 0.2) is 12.7 Å². The molecular weight excluding hydrogens is 616 g/mol. The number of aliphatic hydroxyl groups excluding tert-OH is 1. The van der Waals surface area contributed by atoms with E-state index in [4.69, 9.17) is 6.42 Å². The second kappa shape index (κ2) is 16.5. The fourth-order valence-corrected chi connectivity index (χ4v) is 5.75. The summed E-state index contributed by atoms with van der Waals surface area (Å²) in [6, 6.07) is -4.58. The van der Waals surface area contributed by atoms with Gasteiger partial charge in [-0.2, -0.15) is 0 Å². The molecule has 0 aromatic heterocycles. The molecule has 13 heteroatoms. The highest BCUT2D eigenvalue weighted by Crippen LogP contribution is 2.32. The molecule has 0 aliphatic carbocycles. The lowest BCUT2D eigenvalue weighted by Gasteiger charge is -2.41. The monoisotopic (exact) mass is 672 g/mol. The van der Waals surface area contributed by atoms with Crippen LogP contribution in [0.1, 0.15) is 87.5 Å². The number of ketones is 1. The molecule has 2 rings (SSSR count). The van der Waals surface area contributed by atoms with Gasteiger partial charge in [0.15, 0.2) is 0 Å². The van der Waals surface area contributed by atoms with Crippen molar-refractivity contribution in [2.75, 3.05) is 26.2 Å². The molecule has 2 aliphatic rings. The second-order valence-corrected chi connectivity index (χ2v) is 15.8. The second-order valence-electron chi connectivity index (χ2n) is 15.8. The molecule has 2 unspecified atom stereocenters. The van der Waals surface area contributed by atoms with Crippen LogP contribution in [0, 0.1) is 28.6 Å². The number of rotatable bonds is 13. The quantitative estimate of drug-likeness (QED) is 0.112. The number of Topliss-reactive ketones (excluding diaryl/α,β-unsaturated/α-hetero) is 1. The fourth-order valence-electron chi connectivity index (χ4n) is 5.75. The Morgan fingerprint density at radius 3 is 2.27 bits per heavy atom. The molecule has 0 bridgehead atoms. The average molecular weight is 673 g/mol. The molecule has 48 heavy (non-hydrogen) atoms. The molecule has 2 heterocycles. The molecule has 2 aliphatic heterocycles. The highest BCUT2D eigenvalue weighted by molar-refractivity contribution is 6.38. The number of nitrogens with one attached hydrogen (secondary N) is 4. The minimum Gasteiger partial charge on any atom is -0.391 e. The van der Waals surface area contributed by atoms with Gasteiger partial charge in [-0.05, 0) is 29.1 Å². The Labute approximate surface area is 285 Å². The molecule has 0 radical (unpaired) electrons. The molecule has 5 N–H and O–H groups in total. The van der Waals surface area contributed by atoms with Crippen molar-refractivity contribution >= 4 is 35.4 Å². The van der Waals surface area contributed by atoms with Gasteiger partial charge in [0.1, 0.15) is 12.1 Å². The third kappa shape index (κ3) is 11.4. The number of carbonyl (C=O) groups is 6. The Hall–Kier alpha value is -3.92. The number of aliphatic hydroxyl groups is 1. The zero-order chi connectivity index (χ0) is 36.6. The summed E-state index contributed by atoms with van der Waals surface area (Å²) < 4.78 is 0. The lowest BCUT2D eigenvalue weighted by molar-refractivity contribution is -0.143. The van der Waals surface area contributed by atoms with E-state index >= 15 is 0 Å². The molecule has 5 atom stereocenters. The van der Waals surface area contributed by atoms with Crippen LogP contribution >= 0.6 is 0 Å². The summed E-state index contributed by atoms with van der Waals surface area (Å²) in [6.07, 6.45) is 7.00. The fraction of sp³-hybridized carbons (Fsp3) is 0.714. The van der Waals surface area contributed by atoms with E-state index in [1.54, 1.807) is 25.7 Å². The smallest absolute Gasteiger partial charge is 0.315 e. The summed E-state index contributed by atoms with van der Waals surface area (Å²) in [5, 5.41) is 21.3. The topological polar surface area (TPSA) is 177 Å². The Morgan fingerprint density at radius 2 is 1.73 bits per heavy atom. The zero-order valence-corrected chi connectivity index (χ0v) is 29.9. The van der Waals surface area contributed by atoms with Crippen molar-refractivity contribution in [2.24, 2.45) is 16.2 Å². The van der Waals surface area contributed by atoms with Gasteiger partial charge >= 0.3 is 6.03 Å². The Kier molecular flexibility index (Phi) is 13.8. The van der Waals surface area contributed by atoms with Crippen molar-refractivity contribution < 1.29 is 33.9 Å². The maximum absolute atomic E-state index is 14.1. The van der Waals surface area contributed by atoms with Crippen molar-refractivity contribution in [2.45, 2.75) is 118 Å². The predicted molar refractivity (Wildman–Crippen MR) is 182 cm³/mol. The third-order valence-corrected chi connectivity index (χ3v) is 8.89. The van der Waals surface area contributed by atoms with E-state index in [0.717, 1.165) is 6.42 Å². The van der Waals surface area contributed by atoms with Crippen molar-refractivity contribution in [3.05, 3.63) is 12.7 Å². The van der Waals surface area contributed by atoms with Crippen molar-refractivity contribution in [3.63, 3.8) is 0 Å². The first-order valence-electron chi connectivity index (χ1n) is 16.6. The lowest BCUT2D eigenvalue weighted by Crippen LogP contribution is -2.62. The summed E-state index contributed by atoms with van der Waals surface area (Å²) in [7, 11) is 0. The molecule has 268 valence electrons. The van der Waals surface area contributed by atoms with Crippen molar-refractivity contribution in [1.82, 2.24) is 31.1 Å². The van der Waals surface area contributed by atoms with Crippen molar-refractivity contribution in [3.8, 4) is 12.3 Å². The van der Waals surface area contributed by atoms with Crippen LogP contribution in [0.5, 0.6) is 0 Å². The Morgan fingerprint density at radius 1 is 1.08 bits per heavy atom. The van der Waals surface area contributed by atoms with Gasteiger partial charge in [0.2, 0.25) is 23.5 Å². The van der Waals surface area contributed by atoms with Gasteiger partial charge in [0.05, 0.1) is 18.2 Å². The van der Waals surface area contributed by atoms with Crippen LogP contribution in [0.3, 0.4) is 0 Å². The van der Waals surface area contributed by atoms with Crippen LogP contribution in [0.25, 0.3) is 0 Å². The number of piperidine rings is 1. The van der Waals surface area contributed by atoms with Gasteiger partial charge in [-0.25, -0.2) is 4.79 Å². The summed E-state index contributed by atoms with van der Waals surface area (Å²) in [6.45, 7) is 19.6. The van der Waals surface area contributed by atoms with Crippen LogP contribution in [-0.2, 0) is 24.0 Å². The van der Waals surface area contributed by atoms with Crippen LogP contribution in [-0.4, -0.2) is 107 Å². The number of terminal acetylenes is 1. The number of likely N-dealkylation sites (tertiary alicyclic amines) is 2. The van der Waals surface area contributed by atoms with Gasteiger partial charge in [-0.3, -0.25) is 24.0 Å². The SMILES string of the molecule is C#CCCC(NC(=O)[C@@H]1CC(O)CN1C(=O)[C@@H](NC(=O)N[C@H](CN1CCC(C)(C)CC1=O)C(C)(C)C)C(C)(C)C)C(=O)C(=O)NCC=C. The van der Waals surface area contributed by atoms with E-state index < -0.39 is 70.6 Å². The summed E-state index contributed by atoms with van der Waals surface area (Å²) in [5.41, 5.74) is -1.32. The van der Waals surface area contributed by atoms with E-state index in [1.807, 2.05) is 20.8 Å². The molecule has 13 nitrogen and oxygen atoms in total. The van der Waals surface area contributed by atoms with Gasteiger partial charge in [0, 0.05) is 45.4 Å². The van der Waals surface area contributed by atoms with Gasteiger partial charge in [0.25, 0.3) is 5.91 Å². The molecule has 0 saturated carbocycles. The first-order chi connectivity index (χ1) is 22.1. The van der Waals surface area contributed by atoms with Crippen LogP contribution in [0.4, 0.5) is 4.79 Å². The Balaban J connectivity index is 2.24. The minimum atomic E-state index is -1.25. The van der Waals surface area contributed by atoms with E-state index in [0.29, 0.717) is 19.5 Å². The lowest BCUT2D eigenvalue weighted by atomic mass is 9.81. The number of carbonyl (C=O) groups excluding carboxylic acids is 6. The number of amides is 6. The van der Waals surface area contributed by atoms with E-state index in [2.05, 4.69) is 47.6 Å². The molecule has 0 aromatic rings. The van der Waals surface area contributed by atoms with Gasteiger partial charge in [-0.1, -0.05) is 61.5 Å². The predicted octanol–water partition coefficient (Wildman–Crippen LogP) is 1.49. The standard InChI is InChI=1S/C35H56N6O7/c1-11-13-14-23(27(44)30(46)36-16-12-2)37-29(45)24-18-22(42)20-41(24)31(47)28(34(6,7)8)39-32(48)38-25(33(3,4)5)21-40-17-15-35(9,10)19-26(40)43/h1,12,22-25,28,42H,2,13-21H2,3-10H3,(H,36,46)(H,37,45)(H2,38,39,48)/t22?,23?,24-,25+,28+/m0/s1. The van der Waals surface area contributed by atoms with E-state index in [1.165, 1.54) is 11.0 Å². The Bertz CT molecular complexity index is 1280. The summed E-state index contributed by atoms with van der Waals surface area (Å²) in [5.74, 6) is -0.713. The largest absolute Gasteiger partial charge is 0.391 e. The van der Waals surface area contributed by atoms with Gasteiger partial charge in [-0.15, -0.1) is 18.9 Å². The highest BCUT2D eigenvalue weighted by atomic mass is 16.3. The molecule has 0 aromatic carbocycles. The maximum Gasteiger partial charge on any atom is 0.315 e. The van der Waals surface area contributed by atoms with Crippen LogP contribution in [0.2, 0.25) is 0 Å². The van der Waals surface area contributed by atoms with Crippen LogP contribution < -0.4 is 21.3 Å². The normalized spacial score (nSPS) is 21.3. The number of nitrogens with zero attached hydrogens (tertiary/aromatic N) is 2. The first-order valence-corrected chi connectivity index (χ1v) is 16.6. The number of β-amino-alcohol motifs (C(OH)–C–C–N with tert-alkyl or cyclic N) is 1. The number of urea groups is 1. The third-order valence-electron chi connectivity index (χ3n) is 8.89. The molecule has 0 spiro atoms. The van der Waals surface area contributed by atoms with Crippen molar-refractivity contribution in [1.29, 1.82) is 0 Å². The van der Waals surface area contributed by atoms with E-state index in [9.17, 15) is 33.9 Å².